The van der Waals surface area contributed by atoms with Gasteiger partial charge >= 0.3 is 0 Å². The number of halogens is 1. The first kappa shape index (κ1) is 20.3. The van der Waals surface area contributed by atoms with Crippen LogP contribution in [0.15, 0.2) is 52.5 Å². The van der Waals surface area contributed by atoms with Crippen LogP contribution in [-0.2, 0) is 27.1 Å². The second-order valence-corrected chi connectivity index (χ2v) is 9.57. The highest BCUT2D eigenvalue weighted by Crippen LogP contribution is 2.29. The Bertz CT molecular complexity index is 1130. The highest BCUT2D eigenvalue weighted by molar-refractivity contribution is 7.98. The second-order valence-electron chi connectivity index (χ2n) is 6.69. The number of ether oxygens (including phenoxy) is 1. The number of aryl methyl sites for hydroxylation is 1. The molecular weight excluding hydrogens is 413 g/mol. The number of hydrogen-bond donors (Lipinski definition) is 0. The molecule has 0 aliphatic carbocycles. The van der Waals surface area contributed by atoms with E-state index >= 15 is 0 Å². The van der Waals surface area contributed by atoms with Gasteiger partial charge in [0.15, 0.2) is 5.16 Å². The molecule has 0 amide bonds. The molecule has 0 unspecified atom stereocenters. The Labute approximate surface area is 173 Å². The largest absolute Gasteiger partial charge is 0.379 e. The van der Waals surface area contributed by atoms with E-state index in [0.29, 0.717) is 49.7 Å². The smallest absolute Gasteiger partial charge is 0.243 e. The molecule has 29 heavy (non-hydrogen) atoms. The minimum absolute atomic E-state index is 0.235. The zero-order chi connectivity index (χ0) is 20.4. The fraction of sp³-hybridized carbons (Fsp3) is 0.350. The van der Waals surface area contributed by atoms with Gasteiger partial charge in [0.05, 0.1) is 29.1 Å². The van der Waals surface area contributed by atoms with E-state index in [1.54, 1.807) is 30.3 Å². The van der Waals surface area contributed by atoms with Crippen molar-refractivity contribution in [2.24, 2.45) is 0 Å². The van der Waals surface area contributed by atoms with E-state index in [0.717, 1.165) is 10.7 Å². The molecule has 4 rings (SSSR count). The third-order valence-electron chi connectivity index (χ3n) is 4.92. The summed E-state index contributed by atoms with van der Waals surface area (Å²) in [6, 6.07) is 11.7. The lowest BCUT2D eigenvalue weighted by atomic mass is 10.2. The summed E-state index contributed by atoms with van der Waals surface area (Å²) in [4.78, 5) is 4.88. The maximum Gasteiger partial charge on any atom is 0.243 e. The number of morpholine rings is 1. The van der Waals surface area contributed by atoms with Crippen molar-refractivity contribution < 1.29 is 17.5 Å². The zero-order valence-electron chi connectivity index (χ0n) is 16.0. The molecule has 6 nitrogen and oxygen atoms in total. The van der Waals surface area contributed by atoms with Crippen LogP contribution in [0, 0.1) is 5.82 Å². The maximum atomic E-state index is 13.9. The van der Waals surface area contributed by atoms with Crippen molar-refractivity contribution in [1.82, 2.24) is 13.9 Å². The van der Waals surface area contributed by atoms with Crippen LogP contribution in [0.2, 0.25) is 0 Å². The summed E-state index contributed by atoms with van der Waals surface area (Å²) in [5, 5.41) is 0.742. The van der Waals surface area contributed by atoms with E-state index in [1.807, 2.05) is 17.6 Å². The summed E-state index contributed by atoms with van der Waals surface area (Å²) in [7, 11) is -3.58. The number of rotatable bonds is 6. The Morgan fingerprint density at radius 2 is 1.93 bits per heavy atom. The maximum absolute atomic E-state index is 13.9. The van der Waals surface area contributed by atoms with E-state index in [-0.39, 0.29) is 10.7 Å². The van der Waals surface area contributed by atoms with E-state index in [2.05, 4.69) is 4.98 Å². The number of thioether (sulfide) groups is 1. The van der Waals surface area contributed by atoms with Crippen LogP contribution in [0.3, 0.4) is 0 Å². The Hall–Kier alpha value is -1.94. The van der Waals surface area contributed by atoms with Gasteiger partial charge in [-0.05, 0) is 36.8 Å². The fourth-order valence-corrected chi connectivity index (χ4v) is 5.85. The summed E-state index contributed by atoms with van der Waals surface area (Å²) in [6.45, 7) is 4.21. The summed E-state index contributed by atoms with van der Waals surface area (Å²) >= 11 is 1.44. The van der Waals surface area contributed by atoms with E-state index < -0.39 is 10.0 Å². The minimum atomic E-state index is -3.58. The molecule has 1 aliphatic rings. The molecule has 154 valence electrons. The number of aromatic nitrogens is 2. The Morgan fingerprint density at radius 3 is 2.66 bits per heavy atom. The van der Waals surface area contributed by atoms with Crippen molar-refractivity contribution >= 4 is 32.8 Å². The Balaban J connectivity index is 1.64. The predicted molar refractivity (Wildman–Crippen MR) is 111 cm³/mol. The van der Waals surface area contributed by atoms with Crippen LogP contribution in [0.1, 0.15) is 12.5 Å². The molecular formula is C20H22FN3O3S2. The molecule has 1 aromatic heterocycles. The van der Waals surface area contributed by atoms with E-state index in [4.69, 9.17) is 4.74 Å². The molecule has 2 aromatic carbocycles. The quantitative estimate of drug-likeness (QED) is 0.555. The first-order valence-corrected chi connectivity index (χ1v) is 11.9. The lowest BCUT2D eigenvalue weighted by Crippen LogP contribution is -2.40. The molecule has 0 saturated carbocycles. The van der Waals surface area contributed by atoms with Crippen molar-refractivity contribution in [2.75, 3.05) is 26.3 Å². The van der Waals surface area contributed by atoms with Gasteiger partial charge in [0, 0.05) is 25.4 Å². The SMILES string of the molecule is CCn1c(SCc2ccccc2F)nc2cc(S(=O)(=O)N3CCOCC3)ccc21. The van der Waals surface area contributed by atoms with Gasteiger partial charge in [-0.15, -0.1) is 0 Å². The van der Waals surface area contributed by atoms with Gasteiger partial charge in [-0.3, -0.25) is 0 Å². The lowest BCUT2D eigenvalue weighted by molar-refractivity contribution is 0.0730. The topological polar surface area (TPSA) is 64.4 Å². The molecule has 0 N–H and O–H groups in total. The van der Waals surface area contributed by atoms with E-state index in [1.165, 1.54) is 22.1 Å². The summed E-state index contributed by atoms with van der Waals surface area (Å²) in [5.74, 6) is 0.215. The van der Waals surface area contributed by atoms with Crippen LogP contribution in [-0.4, -0.2) is 48.6 Å². The molecule has 0 bridgehead atoms. The average Bonchev–Trinajstić information content (AvgIpc) is 3.10. The standard InChI is InChI=1S/C20H22FN3O3S2/c1-2-24-19-8-7-16(29(25,26)23-9-11-27-12-10-23)13-18(19)22-20(24)28-14-15-5-3-4-6-17(15)21/h3-8,13H,2,9-12,14H2,1H3. The van der Waals surface area contributed by atoms with Crippen LogP contribution >= 0.6 is 11.8 Å². The number of imidazole rings is 1. The molecule has 0 radical (unpaired) electrons. The van der Waals surface area contributed by atoms with E-state index in [9.17, 15) is 12.8 Å². The molecule has 1 aliphatic heterocycles. The highest BCUT2D eigenvalue weighted by Gasteiger charge is 2.27. The third-order valence-corrected chi connectivity index (χ3v) is 7.84. The van der Waals surface area contributed by atoms with Crippen molar-refractivity contribution in [3.8, 4) is 0 Å². The van der Waals surface area contributed by atoms with Crippen LogP contribution in [0.4, 0.5) is 4.39 Å². The molecule has 2 heterocycles. The highest BCUT2D eigenvalue weighted by atomic mass is 32.2. The summed E-state index contributed by atoms with van der Waals surface area (Å²) in [5.41, 5.74) is 2.10. The molecule has 0 spiro atoms. The first-order chi connectivity index (χ1) is 14.0. The van der Waals surface area contributed by atoms with Gasteiger partial charge in [0.2, 0.25) is 10.0 Å². The number of fused-ring (bicyclic) bond motifs is 1. The first-order valence-electron chi connectivity index (χ1n) is 9.45. The zero-order valence-corrected chi connectivity index (χ0v) is 17.7. The van der Waals surface area contributed by atoms with Gasteiger partial charge in [0.1, 0.15) is 5.82 Å². The monoisotopic (exact) mass is 435 g/mol. The lowest BCUT2D eigenvalue weighted by Gasteiger charge is -2.26. The molecule has 0 atom stereocenters. The minimum Gasteiger partial charge on any atom is -0.379 e. The summed E-state index contributed by atoms with van der Waals surface area (Å²) < 4.78 is 48.5. The average molecular weight is 436 g/mol. The van der Waals surface area contributed by atoms with Crippen molar-refractivity contribution in [2.45, 2.75) is 29.3 Å². The second kappa shape index (κ2) is 8.43. The normalized spacial score (nSPS) is 15.8. The molecule has 9 heteroatoms. The van der Waals surface area contributed by atoms with Crippen LogP contribution < -0.4 is 0 Å². The number of benzene rings is 2. The molecule has 3 aromatic rings. The third kappa shape index (κ3) is 4.05. The fourth-order valence-electron chi connectivity index (χ4n) is 3.36. The Morgan fingerprint density at radius 1 is 1.17 bits per heavy atom. The van der Waals surface area contributed by atoms with Gasteiger partial charge in [0.25, 0.3) is 0 Å². The van der Waals surface area contributed by atoms with Gasteiger partial charge in [-0.25, -0.2) is 17.8 Å². The van der Waals surface area contributed by atoms with Crippen molar-refractivity contribution in [3.05, 3.63) is 53.8 Å². The van der Waals surface area contributed by atoms with Gasteiger partial charge < -0.3 is 9.30 Å². The predicted octanol–water partition coefficient (Wildman–Crippen LogP) is 3.51. The Kier molecular flexibility index (Phi) is 5.91. The number of sulfonamides is 1. The molecule has 1 saturated heterocycles. The van der Waals surface area contributed by atoms with Crippen LogP contribution in [0.25, 0.3) is 11.0 Å². The van der Waals surface area contributed by atoms with Gasteiger partial charge in [-0.2, -0.15) is 4.31 Å². The van der Waals surface area contributed by atoms with Crippen molar-refractivity contribution in [1.29, 1.82) is 0 Å². The van der Waals surface area contributed by atoms with Crippen molar-refractivity contribution in [3.63, 3.8) is 0 Å². The number of nitrogens with zero attached hydrogens (tertiary/aromatic N) is 3. The van der Waals surface area contributed by atoms with Gasteiger partial charge in [-0.1, -0.05) is 30.0 Å². The molecule has 1 fully saturated rings. The number of hydrogen-bond acceptors (Lipinski definition) is 5. The van der Waals surface area contributed by atoms with Crippen LogP contribution in [0.5, 0.6) is 0 Å². The summed E-state index contributed by atoms with van der Waals surface area (Å²) in [6.07, 6.45) is 0.